The highest BCUT2D eigenvalue weighted by molar-refractivity contribution is 7.89. The second-order valence-electron chi connectivity index (χ2n) is 4.85. The molecule has 1 saturated heterocycles. The summed E-state index contributed by atoms with van der Waals surface area (Å²) >= 11 is 5.89. The summed E-state index contributed by atoms with van der Waals surface area (Å²) in [5.41, 5.74) is 0. The number of sulfonamides is 1. The van der Waals surface area contributed by atoms with Crippen LogP contribution in [0.1, 0.15) is 0 Å². The molecule has 0 bridgehead atoms. The van der Waals surface area contributed by atoms with E-state index in [2.05, 4.69) is 4.98 Å². The van der Waals surface area contributed by atoms with Crippen LogP contribution in [0.15, 0.2) is 41.6 Å². The third-order valence-corrected chi connectivity index (χ3v) is 5.95. The summed E-state index contributed by atoms with van der Waals surface area (Å²) in [5.74, 6) is 0.214. The van der Waals surface area contributed by atoms with Crippen molar-refractivity contribution in [3.63, 3.8) is 0 Å². The van der Waals surface area contributed by atoms with Gasteiger partial charge in [-0.3, -0.25) is 4.98 Å². The topological polar surface area (TPSA) is 59.5 Å². The normalized spacial score (nSPS) is 20.7. The molecule has 7 heteroatoms. The highest BCUT2D eigenvalue weighted by Crippen LogP contribution is 2.27. The number of benzene rings is 1. The Hall–Kier alpha value is -1.21. The minimum Gasteiger partial charge on any atom is -0.378 e. The van der Waals surface area contributed by atoms with E-state index in [0.29, 0.717) is 30.0 Å². The highest BCUT2D eigenvalue weighted by Gasteiger charge is 2.34. The summed E-state index contributed by atoms with van der Waals surface area (Å²) in [5, 5.41) is 1.47. The molecule has 0 N–H and O–H groups in total. The van der Waals surface area contributed by atoms with Gasteiger partial charge in [-0.1, -0.05) is 12.1 Å². The van der Waals surface area contributed by atoms with Crippen LogP contribution < -0.4 is 0 Å². The van der Waals surface area contributed by atoms with Gasteiger partial charge in [-0.05, 0) is 12.1 Å². The zero-order chi connectivity index (χ0) is 14.9. The summed E-state index contributed by atoms with van der Waals surface area (Å²) < 4.78 is 32.7. The van der Waals surface area contributed by atoms with Crippen molar-refractivity contribution in [2.24, 2.45) is 0 Å². The fourth-order valence-corrected chi connectivity index (χ4v) is 4.67. The van der Waals surface area contributed by atoms with Crippen LogP contribution in [0.25, 0.3) is 10.8 Å². The first-order valence-corrected chi connectivity index (χ1v) is 8.60. The lowest BCUT2D eigenvalue weighted by Gasteiger charge is -2.33. The van der Waals surface area contributed by atoms with Gasteiger partial charge in [-0.25, -0.2) is 8.42 Å². The predicted octanol–water partition coefficient (Wildman–Crippen LogP) is 1.86. The average Bonchev–Trinajstić information content (AvgIpc) is 2.54. The highest BCUT2D eigenvalue weighted by atomic mass is 35.5. The van der Waals surface area contributed by atoms with E-state index in [9.17, 15) is 8.42 Å². The molecule has 5 nitrogen and oxygen atoms in total. The molecule has 2 aromatic rings. The summed E-state index contributed by atoms with van der Waals surface area (Å²) in [6, 6.07) is 6.59. The van der Waals surface area contributed by atoms with Gasteiger partial charge in [-0.15, -0.1) is 11.6 Å². The lowest BCUT2D eigenvalue weighted by molar-refractivity contribution is 0.0405. The molecule has 1 aliphatic rings. The molecule has 1 unspecified atom stereocenters. The van der Waals surface area contributed by atoms with Gasteiger partial charge in [0.05, 0.1) is 24.2 Å². The summed E-state index contributed by atoms with van der Waals surface area (Å²) in [6.45, 7) is 1.04. The third kappa shape index (κ3) is 2.64. The number of nitrogens with zero attached hydrogens (tertiary/aromatic N) is 2. The lowest BCUT2D eigenvalue weighted by Crippen LogP contribution is -2.49. The van der Waals surface area contributed by atoms with Crippen LogP contribution in [0.3, 0.4) is 0 Å². The largest absolute Gasteiger partial charge is 0.378 e. The van der Waals surface area contributed by atoms with E-state index in [1.165, 1.54) is 4.31 Å². The fourth-order valence-electron chi connectivity index (χ4n) is 2.52. The predicted molar refractivity (Wildman–Crippen MR) is 81.0 cm³/mol. The van der Waals surface area contributed by atoms with Crippen LogP contribution in [0.4, 0.5) is 0 Å². The molecule has 3 rings (SSSR count). The van der Waals surface area contributed by atoms with Gasteiger partial charge < -0.3 is 4.74 Å². The van der Waals surface area contributed by atoms with Crippen molar-refractivity contribution in [1.29, 1.82) is 0 Å². The standard InChI is InChI=1S/C14H15ClN2O3S/c15-8-12-10-20-7-6-17(12)21(18,19)14-3-1-2-11-9-16-5-4-13(11)14/h1-5,9,12H,6-8,10H2. The Balaban J connectivity index is 2.12. The number of hydrogen-bond donors (Lipinski definition) is 0. The first-order valence-electron chi connectivity index (χ1n) is 6.63. The maximum absolute atomic E-state index is 13.0. The van der Waals surface area contributed by atoms with Gasteiger partial charge in [0.1, 0.15) is 0 Å². The van der Waals surface area contributed by atoms with Crippen LogP contribution in [0.2, 0.25) is 0 Å². The first kappa shape index (κ1) is 14.7. The molecule has 1 aromatic heterocycles. The molecular weight excluding hydrogens is 312 g/mol. The molecule has 112 valence electrons. The van der Waals surface area contributed by atoms with Crippen LogP contribution in [-0.4, -0.2) is 49.4 Å². The number of aromatic nitrogens is 1. The molecule has 21 heavy (non-hydrogen) atoms. The second kappa shape index (κ2) is 5.88. The van der Waals surface area contributed by atoms with Gasteiger partial charge in [0.25, 0.3) is 0 Å². The van der Waals surface area contributed by atoms with E-state index in [4.69, 9.17) is 16.3 Å². The fraction of sp³-hybridized carbons (Fsp3) is 0.357. The Morgan fingerprint density at radius 3 is 3.05 bits per heavy atom. The molecule has 1 fully saturated rings. The molecule has 1 aliphatic heterocycles. The van der Waals surface area contributed by atoms with Crippen molar-refractivity contribution < 1.29 is 13.2 Å². The van der Waals surface area contributed by atoms with Crippen LogP contribution in [-0.2, 0) is 14.8 Å². The maximum atomic E-state index is 13.0. The molecule has 1 aromatic carbocycles. The Morgan fingerprint density at radius 2 is 2.24 bits per heavy atom. The summed E-state index contributed by atoms with van der Waals surface area (Å²) in [4.78, 5) is 4.32. The monoisotopic (exact) mass is 326 g/mol. The van der Waals surface area contributed by atoms with Crippen LogP contribution >= 0.6 is 11.6 Å². The Bertz CT molecular complexity index is 745. The Labute approximate surface area is 128 Å². The van der Waals surface area contributed by atoms with Gasteiger partial charge in [0.2, 0.25) is 10.0 Å². The molecule has 0 aliphatic carbocycles. The van der Waals surface area contributed by atoms with E-state index in [1.807, 2.05) is 6.07 Å². The minimum absolute atomic E-state index is 0.214. The maximum Gasteiger partial charge on any atom is 0.244 e. The summed E-state index contributed by atoms with van der Waals surface area (Å²) in [7, 11) is -3.61. The molecule has 0 radical (unpaired) electrons. The van der Waals surface area contributed by atoms with Crippen molar-refractivity contribution >= 4 is 32.4 Å². The molecule has 0 saturated carbocycles. The molecule has 2 heterocycles. The van der Waals surface area contributed by atoms with Crippen molar-refractivity contribution in [3.8, 4) is 0 Å². The molecular formula is C14H15ClN2O3S. The number of halogens is 1. The van der Waals surface area contributed by atoms with Crippen molar-refractivity contribution in [1.82, 2.24) is 9.29 Å². The number of ether oxygens (including phenoxy) is 1. The number of alkyl halides is 1. The Kier molecular flexibility index (Phi) is 4.12. The van der Waals surface area contributed by atoms with Gasteiger partial charge in [-0.2, -0.15) is 4.31 Å². The minimum atomic E-state index is -3.61. The van der Waals surface area contributed by atoms with E-state index in [0.717, 1.165) is 5.39 Å². The number of hydrogen-bond acceptors (Lipinski definition) is 4. The van der Waals surface area contributed by atoms with E-state index >= 15 is 0 Å². The van der Waals surface area contributed by atoms with Crippen LogP contribution in [0, 0.1) is 0 Å². The number of rotatable bonds is 3. The van der Waals surface area contributed by atoms with E-state index < -0.39 is 10.0 Å². The summed E-state index contributed by atoms with van der Waals surface area (Å²) in [6.07, 6.45) is 3.26. The van der Waals surface area contributed by atoms with Gasteiger partial charge in [0.15, 0.2) is 0 Å². The zero-order valence-corrected chi connectivity index (χ0v) is 12.8. The molecule has 0 amide bonds. The number of fused-ring (bicyclic) bond motifs is 1. The van der Waals surface area contributed by atoms with Crippen LogP contribution in [0.5, 0.6) is 0 Å². The third-order valence-electron chi connectivity index (χ3n) is 3.58. The lowest BCUT2D eigenvalue weighted by atomic mass is 10.2. The first-order chi connectivity index (χ1) is 10.1. The molecule has 0 spiro atoms. The van der Waals surface area contributed by atoms with Gasteiger partial charge in [0, 0.05) is 35.6 Å². The second-order valence-corrected chi connectivity index (χ2v) is 7.02. The van der Waals surface area contributed by atoms with Crippen molar-refractivity contribution in [3.05, 3.63) is 36.7 Å². The van der Waals surface area contributed by atoms with E-state index in [1.54, 1.807) is 30.6 Å². The van der Waals surface area contributed by atoms with Gasteiger partial charge >= 0.3 is 0 Å². The average molecular weight is 327 g/mol. The zero-order valence-electron chi connectivity index (χ0n) is 11.3. The number of pyridine rings is 1. The smallest absolute Gasteiger partial charge is 0.244 e. The van der Waals surface area contributed by atoms with Crippen molar-refractivity contribution in [2.75, 3.05) is 25.6 Å². The molecule has 1 atom stereocenters. The van der Waals surface area contributed by atoms with Crippen molar-refractivity contribution in [2.45, 2.75) is 10.9 Å². The van der Waals surface area contributed by atoms with E-state index in [-0.39, 0.29) is 11.9 Å². The number of morpholine rings is 1. The quantitative estimate of drug-likeness (QED) is 0.808. The Morgan fingerprint density at radius 1 is 1.38 bits per heavy atom. The SMILES string of the molecule is O=S(=O)(c1cccc2cnccc12)N1CCOCC1CCl.